The minimum absolute atomic E-state index is 0.0512. The number of rotatable bonds is 7. The second-order valence-corrected chi connectivity index (χ2v) is 7.12. The fourth-order valence-electron chi connectivity index (χ4n) is 3.24. The van der Waals surface area contributed by atoms with Gasteiger partial charge in [-0.05, 0) is 36.2 Å². The first-order valence-electron chi connectivity index (χ1n) is 9.39. The number of amides is 2. The van der Waals surface area contributed by atoms with Crippen LogP contribution < -0.4 is 15.5 Å². The van der Waals surface area contributed by atoms with Crippen molar-refractivity contribution >= 4 is 23.4 Å². The van der Waals surface area contributed by atoms with E-state index < -0.39 is 11.8 Å². The summed E-state index contributed by atoms with van der Waals surface area (Å²) in [6, 6.07) is 11.1. The maximum absolute atomic E-state index is 12.2. The van der Waals surface area contributed by atoms with Gasteiger partial charge in [0, 0.05) is 11.6 Å². The zero-order valence-corrected chi connectivity index (χ0v) is 16.3. The zero-order valence-electron chi connectivity index (χ0n) is 15.6. The van der Waals surface area contributed by atoms with Crippen LogP contribution in [0.5, 0.6) is 0 Å². The summed E-state index contributed by atoms with van der Waals surface area (Å²) in [5, 5.41) is 6.05. The molecule has 0 aliphatic carbocycles. The van der Waals surface area contributed by atoms with Crippen molar-refractivity contribution in [2.24, 2.45) is 0 Å². The summed E-state index contributed by atoms with van der Waals surface area (Å²) < 4.78 is 10.9. The zero-order chi connectivity index (χ0) is 19.8. The predicted molar refractivity (Wildman–Crippen MR) is 104 cm³/mol. The van der Waals surface area contributed by atoms with Crippen LogP contribution in [0.4, 0.5) is 0 Å². The van der Waals surface area contributed by atoms with E-state index in [9.17, 15) is 9.59 Å². The Morgan fingerprint density at radius 2 is 1.79 bits per heavy atom. The molecule has 1 atom stereocenters. The van der Waals surface area contributed by atoms with E-state index in [2.05, 4.69) is 10.6 Å². The highest BCUT2D eigenvalue weighted by Crippen LogP contribution is 2.10. The summed E-state index contributed by atoms with van der Waals surface area (Å²) in [7, 11) is 0. The Labute approximate surface area is 169 Å². The third-order valence-electron chi connectivity index (χ3n) is 4.80. The number of benzene rings is 1. The van der Waals surface area contributed by atoms with Crippen molar-refractivity contribution in [2.75, 3.05) is 39.4 Å². The first-order valence-corrected chi connectivity index (χ1v) is 9.77. The van der Waals surface area contributed by atoms with E-state index in [0.29, 0.717) is 37.7 Å². The number of carbonyl (C=O) groups is 2. The molecule has 0 saturated carbocycles. The van der Waals surface area contributed by atoms with Gasteiger partial charge in [-0.25, -0.2) is 0 Å². The van der Waals surface area contributed by atoms with Gasteiger partial charge in [-0.2, -0.15) is 0 Å². The lowest BCUT2D eigenvalue weighted by molar-refractivity contribution is -0.938. The molecule has 7 nitrogen and oxygen atoms in total. The lowest BCUT2D eigenvalue weighted by Gasteiger charge is -2.30. The molecular weight excluding hydrogens is 382 g/mol. The van der Waals surface area contributed by atoms with Gasteiger partial charge in [-0.1, -0.05) is 23.7 Å². The van der Waals surface area contributed by atoms with Crippen molar-refractivity contribution in [2.45, 2.75) is 12.5 Å². The second-order valence-electron chi connectivity index (χ2n) is 6.68. The number of furan rings is 1. The maximum Gasteiger partial charge on any atom is 0.309 e. The molecule has 2 aromatic rings. The monoisotopic (exact) mass is 406 g/mol. The van der Waals surface area contributed by atoms with E-state index in [4.69, 9.17) is 20.8 Å². The standard InChI is InChI=1S/C20H24ClN3O4/c21-16-5-3-15(4-6-16)7-8-22-19(25)20(26)23-14-17(18-2-1-11-28-18)24-9-12-27-13-10-24/h1-6,11,17H,7-10,12-14H2,(H,22,25)(H,23,26)/p+1/t17-/m0/s1. The van der Waals surface area contributed by atoms with Gasteiger partial charge < -0.3 is 24.7 Å². The molecule has 150 valence electrons. The molecule has 3 rings (SSSR count). The van der Waals surface area contributed by atoms with Crippen molar-refractivity contribution in [3.63, 3.8) is 0 Å². The molecule has 1 saturated heterocycles. The Morgan fingerprint density at radius 1 is 1.07 bits per heavy atom. The molecule has 1 aliphatic heterocycles. The SMILES string of the molecule is O=C(NCCc1ccc(Cl)cc1)C(=O)NC[C@@H](c1ccco1)[NH+]1CCOCC1. The summed E-state index contributed by atoms with van der Waals surface area (Å²) in [6.45, 7) is 3.71. The number of morpholine rings is 1. The summed E-state index contributed by atoms with van der Waals surface area (Å²) in [5.74, 6) is -0.482. The Hall–Kier alpha value is -2.35. The molecule has 1 aromatic carbocycles. The molecule has 0 radical (unpaired) electrons. The second kappa shape index (κ2) is 10.3. The first-order chi connectivity index (χ1) is 13.6. The van der Waals surface area contributed by atoms with Crippen molar-refractivity contribution in [1.29, 1.82) is 0 Å². The molecule has 1 aromatic heterocycles. The summed E-state index contributed by atoms with van der Waals surface area (Å²) in [5.41, 5.74) is 1.04. The van der Waals surface area contributed by atoms with E-state index in [1.165, 1.54) is 4.90 Å². The molecule has 0 bridgehead atoms. The highest BCUT2D eigenvalue weighted by Gasteiger charge is 2.29. The van der Waals surface area contributed by atoms with Crippen molar-refractivity contribution in [3.8, 4) is 0 Å². The average molecular weight is 407 g/mol. The van der Waals surface area contributed by atoms with E-state index in [0.717, 1.165) is 24.4 Å². The molecule has 28 heavy (non-hydrogen) atoms. The van der Waals surface area contributed by atoms with Gasteiger partial charge in [-0.15, -0.1) is 0 Å². The van der Waals surface area contributed by atoms with E-state index in [1.807, 2.05) is 24.3 Å². The molecule has 2 amide bonds. The fourth-order valence-corrected chi connectivity index (χ4v) is 3.37. The lowest BCUT2D eigenvalue weighted by atomic mass is 10.1. The number of hydrogen-bond acceptors (Lipinski definition) is 4. The van der Waals surface area contributed by atoms with E-state index in [-0.39, 0.29) is 6.04 Å². The predicted octanol–water partition coefficient (Wildman–Crippen LogP) is 0.364. The molecule has 0 unspecified atom stereocenters. The van der Waals surface area contributed by atoms with Crippen LogP contribution in [-0.2, 0) is 20.7 Å². The van der Waals surface area contributed by atoms with E-state index in [1.54, 1.807) is 18.4 Å². The molecule has 1 aliphatic rings. The van der Waals surface area contributed by atoms with Crippen LogP contribution in [0.2, 0.25) is 5.02 Å². The van der Waals surface area contributed by atoms with Crippen molar-refractivity contribution in [1.82, 2.24) is 10.6 Å². The van der Waals surface area contributed by atoms with Crippen LogP contribution in [0.3, 0.4) is 0 Å². The average Bonchev–Trinajstić information content (AvgIpc) is 3.25. The highest BCUT2D eigenvalue weighted by atomic mass is 35.5. The van der Waals surface area contributed by atoms with Crippen molar-refractivity contribution < 1.29 is 23.6 Å². The quantitative estimate of drug-likeness (QED) is 0.580. The third-order valence-corrected chi connectivity index (χ3v) is 5.05. The van der Waals surface area contributed by atoms with Gasteiger partial charge in [0.2, 0.25) is 0 Å². The van der Waals surface area contributed by atoms with E-state index >= 15 is 0 Å². The van der Waals surface area contributed by atoms with Gasteiger partial charge in [0.1, 0.15) is 13.1 Å². The number of hydrogen-bond donors (Lipinski definition) is 3. The topological polar surface area (TPSA) is 85.0 Å². The minimum Gasteiger partial charge on any atom is -0.463 e. The van der Waals surface area contributed by atoms with Crippen LogP contribution in [-0.4, -0.2) is 51.2 Å². The van der Waals surface area contributed by atoms with Gasteiger partial charge >= 0.3 is 11.8 Å². The Kier molecular flexibility index (Phi) is 7.47. The molecule has 2 heterocycles. The Bertz CT molecular complexity index is 758. The highest BCUT2D eigenvalue weighted by molar-refractivity contribution is 6.35. The minimum atomic E-state index is -0.639. The molecule has 0 spiro atoms. The van der Waals surface area contributed by atoms with Crippen LogP contribution >= 0.6 is 11.6 Å². The largest absolute Gasteiger partial charge is 0.463 e. The Balaban J connectivity index is 1.46. The smallest absolute Gasteiger partial charge is 0.309 e. The normalized spacial score (nSPS) is 15.8. The number of ether oxygens (including phenoxy) is 1. The first kappa shape index (κ1) is 20.4. The van der Waals surface area contributed by atoms with Crippen LogP contribution in [0.25, 0.3) is 0 Å². The summed E-state index contributed by atoms with van der Waals surface area (Å²) in [4.78, 5) is 25.5. The van der Waals surface area contributed by atoms with Crippen molar-refractivity contribution in [3.05, 3.63) is 59.0 Å². The molecule has 1 fully saturated rings. The maximum atomic E-state index is 12.2. The number of quaternary nitrogens is 1. The molecule has 3 N–H and O–H groups in total. The van der Waals surface area contributed by atoms with Crippen LogP contribution in [0.1, 0.15) is 17.4 Å². The number of carbonyl (C=O) groups excluding carboxylic acids is 2. The molecule has 8 heteroatoms. The molecular formula is C20H25ClN3O4+. The third kappa shape index (κ3) is 5.82. The van der Waals surface area contributed by atoms with Crippen LogP contribution in [0, 0.1) is 0 Å². The van der Waals surface area contributed by atoms with Gasteiger partial charge in [-0.3, -0.25) is 9.59 Å². The summed E-state index contributed by atoms with van der Waals surface area (Å²) >= 11 is 5.85. The lowest BCUT2D eigenvalue weighted by Crippen LogP contribution is -3.15. The van der Waals surface area contributed by atoms with Crippen LogP contribution in [0.15, 0.2) is 47.1 Å². The fraction of sp³-hybridized carbons (Fsp3) is 0.400. The summed E-state index contributed by atoms with van der Waals surface area (Å²) in [6.07, 6.45) is 2.25. The number of halogens is 1. The van der Waals surface area contributed by atoms with Gasteiger partial charge in [0.05, 0.1) is 26.0 Å². The number of nitrogens with one attached hydrogen (secondary N) is 3. The van der Waals surface area contributed by atoms with Gasteiger partial charge in [0.15, 0.2) is 11.8 Å². The van der Waals surface area contributed by atoms with Gasteiger partial charge in [0.25, 0.3) is 0 Å². The Morgan fingerprint density at radius 3 is 2.46 bits per heavy atom.